The first kappa shape index (κ1) is 20.3. The molecule has 0 radical (unpaired) electrons. The minimum absolute atomic E-state index is 0.184. The van der Waals surface area contributed by atoms with Gasteiger partial charge >= 0.3 is 0 Å². The van der Waals surface area contributed by atoms with E-state index in [0.29, 0.717) is 42.0 Å². The molecule has 5 rings (SSSR count). The van der Waals surface area contributed by atoms with Gasteiger partial charge in [0.1, 0.15) is 17.7 Å². The Bertz CT molecular complexity index is 825. The van der Waals surface area contributed by atoms with E-state index < -0.39 is 0 Å². The van der Waals surface area contributed by atoms with Gasteiger partial charge in [-0.2, -0.15) is 0 Å². The second-order valence-corrected chi connectivity index (χ2v) is 11.2. The van der Waals surface area contributed by atoms with Crippen molar-refractivity contribution in [3.05, 3.63) is 30.1 Å². The highest BCUT2D eigenvalue weighted by atomic mass is 19.1. The summed E-state index contributed by atoms with van der Waals surface area (Å²) in [5, 5.41) is 0. The van der Waals surface area contributed by atoms with Crippen molar-refractivity contribution < 1.29 is 13.9 Å². The number of rotatable bonds is 2. The normalized spacial score (nSPS) is 45.5. The number of fused-ring (bicyclic) bond motifs is 5. The van der Waals surface area contributed by atoms with Crippen LogP contribution >= 0.6 is 0 Å². The summed E-state index contributed by atoms with van der Waals surface area (Å²) in [7, 11) is 2.03. The molecule has 0 spiro atoms. The molecule has 1 amide bonds. The Hall–Kier alpha value is -1.58. The van der Waals surface area contributed by atoms with Crippen LogP contribution in [-0.2, 0) is 4.79 Å². The summed E-state index contributed by atoms with van der Waals surface area (Å²) in [6, 6.07) is 6.91. The summed E-state index contributed by atoms with van der Waals surface area (Å²) in [4.78, 5) is 14.5. The molecule has 1 aromatic carbocycles. The largest absolute Gasteiger partial charge is 0.490 e. The molecular formula is C26H36FNO2. The number of benzene rings is 1. The van der Waals surface area contributed by atoms with E-state index in [-0.39, 0.29) is 22.8 Å². The van der Waals surface area contributed by atoms with Crippen LogP contribution in [0.1, 0.15) is 65.7 Å². The molecule has 1 aromatic rings. The highest BCUT2D eigenvalue weighted by Gasteiger charge is 2.63. The Morgan fingerprint density at radius 1 is 1.03 bits per heavy atom. The third-order valence-electron chi connectivity index (χ3n) is 9.94. The van der Waals surface area contributed by atoms with Crippen LogP contribution in [0.25, 0.3) is 0 Å². The van der Waals surface area contributed by atoms with Crippen LogP contribution in [0.3, 0.4) is 0 Å². The Morgan fingerprint density at radius 3 is 2.47 bits per heavy atom. The minimum Gasteiger partial charge on any atom is -0.490 e. The molecule has 3 aliphatic carbocycles. The van der Waals surface area contributed by atoms with Gasteiger partial charge in [0.05, 0.1) is 0 Å². The highest BCUT2D eigenvalue weighted by molar-refractivity contribution is 5.77. The van der Waals surface area contributed by atoms with Crippen molar-refractivity contribution in [3.8, 4) is 5.75 Å². The number of ether oxygens (including phenoxy) is 1. The lowest BCUT2D eigenvalue weighted by Gasteiger charge is -2.63. The molecule has 4 fully saturated rings. The van der Waals surface area contributed by atoms with Gasteiger partial charge in [-0.1, -0.05) is 20.8 Å². The average Bonchev–Trinajstić information content (AvgIpc) is 3.05. The fourth-order valence-corrected chi connectivity index (χ4v) is 8.29. The van der Waals surface area contributed by atoms with Gasteiger partial charge in [-0.3, -0.25) is 4.79 Å². The maximum Gasteiger partial charge on any atom is 0.222 e. The zero-order valence-corrected chi connectivity index (χ0v) is 18.9. The van der Waals surface area contributed by atoms with Gasteiger partial charge < -0.3 is 9.64 Å². The number of hydrogen-bond donors (Lipinski definition) is 0. The second kappa shape index (κ2) is 6.97. The minimum atomic E-state index is -0.215. The van der Waals surface area contributed by atoms with Gasteiger partial charge in [0.15, 0.2) is 0 Å². The summed E-state index contributed by atoms with van der Waals surface area (Å²) in [6.07, 6.45) is 7.85. The van der Waals surface area contributed by atoms with Crippen LogP contribution in [0.15, 0.2) is 24.3 Å². The lowest BCUT2D eigenvalue weighted by atomic mass is 9.45. The first-order valence-electron chi connectivity index (χ1n) is 11.9. The number of carbonyl (C=O) groups excluding carboxylic acids is 1. The van der Waals surface area contributed by atoms with Crippen molar-refractivity contribution >= 4 is 5.91 Å². The third kappa shape index (κ3) is 2.85. The zero-order chi connectivity index (χ0) is 21.3. The van der Waals surface area contributed by atoms with Crippen molar-refractivity contribution in [2.75, 3.05) is 7.05 Å². The smallest absolute Gasteiger partial charge is 0.222 e. The van der Waals surface area contributed by atoms with E-state index in [0.717, 1.165) is 25.0 Å². The molecule has 164 valence electrons. The Labute approximate surface area is 180 Å². The molecule has 1 heterocycles. The molecule has 3 unspecified atom stereocenters. The predicted octanol–water partition coefficient (Wildman–Crippen LogP) is 5.68. The number of piperidine rings is 1. The molecule has 4 aliphatic rings. The van der Waals surface area contributed by atoms with Crippen LogP contribution in [0.5, 0.6) is 5.75 Å². The molecule has 0 aromatic heterocycles. The standard InChI is InChI=1S/C26H36FNO2/c1-16-15-21-25(2,14-12-23(29)28(21)4)20-11-13-26(3)19(24(16)20)9-10-22(26)30-18-7-5-17(27)6-8-18/h5-8,16,19-22,24H,9-15H2,1-4H3/t16?,19-,20+,21?,22?,24-,25+,26-/m0/s1. The molecular weight excluding hydrogens is 377 g/mol. The molecule has 8 atom stereocenters. The fraction of sp³-hybridized carbons (Fsp3) is 0.731. The maximum atomic E-state index is 13.3. The number of carbonyl (C=O) groups is 1. The zero-order valence-electron chi connectivity index (χ0n) is 18.9. The van der Waals surface area contributed by atoms with E-state index in [4.69, 9.17) is 4.74 Å². The van der Waals surface area contributed by atoms with E-state index >= 15 is 0 Å². The number of hydrogen-bond acceptors (Lipinski definition) is 2. The molecule has 30 heavy (non-hydrogen) atoms. The molecule has 3 saturated carbocycles. The Kier molecular flexibility index (Phi) is 4.72. The van der Waals surface area contributed by atoms with Crippen LogP contribution in [0.2, 0.25) is 0 Å². The number of amides is 1. The van der Waals surface area contributed by atoms with Gasteiger partial charge in [-0.25, -0.2) is 4.39 Å². The van der Waals surface area contributed by atoms with Crippen LogP contribution < -0.4 is 4.74 Å². The summed E-state index contributed by atoms with van der Waals surface area (Å²) in [6.45, 7) is 7.37. The molecule has 1 saturated heterocycles. The first-order chi connectivity index (χ1) is 14.2. The Morgan fingerprint density at radius 2 is 1.73 bits per heavy atom. The van der Waals surface area contributed by atoms with E-state index in [9.17, 15) is 9.18 Å². The van der Waals surface area contributed by atoms with Crippen LogP contribution in [0, 0.1) is 40.3 Å². The van der Waals surface area contributed by atoms with Gasteiger partial charge in [0.25, 0.3) is 0 Å². The van der Waals surface area contributed by atoms with E-state index in [2.05, 4.69) is 25.7 Å². The van der Waals surface area contributed by atoms with Crippen molar-refractivity contribution in [2.24, 2.45) is 34.5 Å². The number of halogens is 1. The third-order valence-corrected chi connectivity index (χ3v) is 9.94. The molecule has 0 N–H and O–H groups in total. The van der Waals surface area contributed by atoms with Gasteiger partial charge in [0, 0.05) is 24.9 Å². The van der Waals surface area contributed by atoms with Crippen LogP contribution in [-0.4, -0.2) is 30.0 Å². The quantitative estimate of drug-likeness (QED) is 0.624. The molecule has 4 heteroatoms. The van der Waals surface area contributed by atoms with E-state index in [1.54, 1.807) is 12.1 Å². The molecule has 1 aliphatic heterocycles. The second-order valence-electron chi connectivity index (χ2n) is 11.2. The van der Waals surface area contributed by atoms with E-state index in [1.165, 1.54) is 31.4 Å². The summed E-state index contributed by atoms with van der Waals surface area (Å²) in [5.41, 5.74) is 0.431. The lowest BCUT2D eigenvalue weighted by Crippen LogP contribution is -2.63. The average molecular weight is 414 g/mol. The highest BCUT2D eigenvalue weighted by Crippen LogP contribution is 2.66. The molecule has 0 bridgehead atoms. The van der Waals surface area contributed by atoms with Crippen molar-refractivity contribution in [3.63, 3.8) is 0 Å². The van der Waals surface area contributed by atoms with Crippen molar-refractivity contribution in [2.45, 2.75) is 77.9 Å². The topological polar surface area (TPSA) is 29.5 Å². The number of nitrogens with zero attached hydrogens (tertiary/aromatic N) is 1. The first-order valence-corrected chi connectivity index (χ1v) is 11.9. The van der Waals surface area contributed by atoms with Crippen molar-refractivity contribution in [1.29, 1.82) is 0 Å². The van der Waals surface area contributed by atoms with E-state index in [1.807, 2.05) is 7.05 Å². The summed E-state index contributed by atoms with van der Waals surface area (Å²) < 4.78 is 19.8. The predicted molar refractivity (Wildman–Crippen MR) is 116 cm³/mol. The monoisotopic (exact) mass is 413 g/mol. The fourth-order valence-electron chi connectivity index (χ4n) is 8.29. The Balaban J connectivity index is 1.41. The van der Waals surface area contributed by atoms with Crippen molar-refractivity contribution in [1.82, 2.24) is 4.90 Å². The maximum absolute atomic E-state index is 13.3. The van der Waals surface area contributed by atoms with Gasteiger partial charge in [-0.05, 0) is 91.9 Å². The van der Waals surface area contributed by atoms with Gasteiger partial charge in [0.2, 0.25) is 5.91 Å². The number of likely N-dealkylation sites (tertiary alicyclic amines) is 1. The molecule has 3 nitrogen and oxygen atoms in total. The van der Waals surface area contributed by atoms with Gasteiger partial charge in [-0.15, -0.1) is 0 Å². The van der Waals surface area contributed by atoms with Crippen LogP contribution in [0.4, 0.5) is 4.39 Å². The summed E-state index contributed by atoms with van der Waals surface area (Å²) >= 11 is 0. The summed E-state index contributed by atoms with van der Waals surface area (Å²) in [5.74, 6) is 3.64. The lowest BCUT2D eigenvalue weighted by molar-refractivity contribution is -0.168. The SMILES string of the molecule is CC1CC2N(C)C(=O)CC[C@]2(C)[C@@H]2CC[C@]3(C)C(Oc4ccc(F)cc4)CC[C@H]3[C@H]12.